The molecule has 0 amide bonds. The third kappa shape index (κ3) is 2.41. The summed E-state index contributed by atoms with van der Waals surface area (Å²) in [5, 5.41) is 3.54. The third-order valence-corrected chi connectivity index (χ3v) is 3.99. The second-order valence-electron chi connectivity index (χ2n) is 6.47. The van der Waals surface area contributed by atoms with E-state index < -0.39 is 0 Å². The highest BCUT2D eigenvalue weighted by atomic mass is 16.5. The Bertz CT molecular complexity index is 228. The van der Waals surface area contributed by atoms with Crippen molar-refractivity contribution >= 4 is 0 Å². The lowest BCUT2D eigenvalue weighted by molar-refractivity contribution is -0.0478. The molecule has 0 aromatic carbocycles. The molecule has 2 aliphatic rings. The van der Waals surface area contributed by atoms with Crippen molar-refractivity contribution in [2.75, 3.05) is 26.2 Å². The van der Waals surface area contributed by atoms with Gasteiger partial charge in [0.15, 0.2) is 0 Å². The lowest BCUT2D eigenvalue weighted by Crippen LogP contribution is -2.68. The van der Waals surface area contributed by atoms with E-state index in [1.54, 1.807) is 0 Å². The first-order chi connectivity index (χ1) is 7.42. The Balaban J connectivity index is 2.06. The molecule has 0 aromatic heterocycles. The Hall–Kier alpha value is -0.120. The largest absolute Gasteiger partial charge is 0.377 e. The fourth-order valence-corrected chi connectivity index (χ4v) is 3.17. The zero-order chi connectivity index (χ0) is 11.8. The maximum atomic E-state index is 5.78. The lowest BCUT2D eigenvalue weighted by atomic mass is 9.88. The maximum Gasteiger partial charge on any atom is 0.0703 e. The molecule has 2 saturated heterocycles. The first-order valence-electron chi connectivity index (χ1n) is 6.52. The zero-order valence-electron chi connectivity index (χ0n) is 11.2. The van der Waals surface area contributed by atoms with Crippen molar-refractivity contribution in [1.82, 2.24) is 10.2 Å². The highest BCUT2D eigenvalue weighted by molar-refractivity contribution is 5.00. The van der Waals surface area contributed by atoms with Crippen LogP contribution in [0.4, 0.5) is 0 Å². The Labute approximate surface area is 99.5 Å². The predicted molar refractivity (Wildman–Crippen MR) is 66.7 cm³/mol. The van der Waals surface area contributed by atoms with Crippen molar-refractivity contribution in [2.45, 2.75) is 57.7 Å². The number of nitrogens with one attached hydrogen (secondary N) is 1. The number of piperazine rings is 1. The van der Waals surface area contributed by atoms with Crippen LogP contribution in [0.2, 0.25) is 0 Å². The number of hydrogen-bond donors (Lipinski definition) is 1. The average Bonchev–Trinajstić information content (AvgIpc) is 2.63. The highest BCUT2D eigenvalue weighted by Crippen LogP contribution is 2.30. The van der Waals surface area contributed by atoms with Crippen LogP contribution < -0.4 is 5.32 Å². The topological polar surface area (TPSA) is 24.5 Å². The van der Waals surface area contributed by atoms with Gasteiger partial charge in [-0.15, -0.1) is 0 Å². The Morgan fingerprint density at radius 2 is 1.81 bits per heavy atom. The quantitative estimate of drug-likeness (QED) is 0.774. The van der Waals surface area contributed by atoms with Gasteiger partial charge in [0.1, 0.15) is 0 Å². The van der Waals surface area contributed by atoms with Crippen LogP contribution in [0.1, 0.15) is 40.5 Å². The first-order valence-corrected chi connectivity index (χ1v) is 6.52. The molecule has 1 unspecified atom stereocenters. The molecule has 2 rings (SSSR count). The summed E-state index contributed by atoms with van der Waals surface area (Å²) in [7, 11) is 0. The van der Waals surface area contributed by atoms with Gasteiger partial charge in [0.25, 0.3) is 0 Å². The minimum atomic E-state index is 0.230. The fraction of sp³-hybridized carbons (Fsp3) is 1.00. The molecule has 3 heteroatoms. The van der Waals surface area contributed by atoms with Gasteiger partial charge in [-0.1, -0.05) is 0 Å². The van der Waals surface area contributed by atoms with E-state index in [1.807, 2.05) is 0 Å². The van der Waals surface area contributed by atoms with Crippen molar-refractivity contribution in [3.05, 3.63) is 0 Å². The zero-order valence-corrected chi connectivity index (χ0v) is 11.2. The van der Waals surface area contributed by atoms with Crippen LogP contribution in [0, 0.1) is 0 Å². The van der Waals surface area contributed by atoms with E-state index in [1.165, 1.54) is 12.8 Å². The van der Waals surface area contributed by atoms with Gasteiger partial charge in [0.2, 0.25) is 0 Å². The highest BCUT2D eigenvalue weighted by Gasteiger charge is 2.42. The smallest absolute Gasteiger partial charge is 0.0703 e. The summed E-state index contributed by atoms with van der Waals surface area (Å²) in [5.74, 6) is 0. The summed E-state index contributed by atoms with van der Waals surface area (Å²) in [6, 6.07) is 0. The summed E-state index contributed by atoms with van der Waals surface area (Å²) in [5.41, 5.74) is 0.460. The molecule has 0 bridgehead atoms. The van der Waals surface area contributed by atoms with Crippen LogP contribution in [0.15, 0.2) is 0 Å². The van der Waals surface area contributed by atoms with Gasteiger partial charge in [-0.05, 0) is 40.5 Å². The molecule has 1 N–H and O–H groups in total. The van der Waals surface area contributed by atoms with Gasteiger partial charge in [-0.2, -0.15) is 0 Å². The van der Waals surface area contributed by atoms with Crippen molar-refractivity contribution in [3.63, 3.8) is 0 Å². The standard InChI is InChI=1S/C13H26N2O/c1-12(2)9-14-10-13(3,4)15(12)8-11-6-5-7-16-11/h11,14H,5-10H2,1-4H3. The summed E-state index contributed by atoms with van der Waals surface area (Å²) >= 11 is 0. The van der Waals surface area contributed by atoms with Crippen LogP contribution in [0.5, 0.6) is 0 Å². The molecule has 2 fully saturated rings. The number of hydrogen-bond acceptors (Lipinski definition) is 3. The normalized spacial score (nSPS) is 34.1. The molecule has 0 radical (unpaired) electrons. The molecule has 1 atom stereocenters. The van der Waals surface area contributed by atoms with E-state index in [0.29, 0.717) is 6.10 Å². The van der Waals surface area contributed by atoms with E-state index >= 15 is 0 Å². The van der Waals surface area contributed by atoms with E-state index in [4.69, 9.17) is 4.74 Å². The SMILES string of the molecule is CC1(C)CNCC(C)(C)N1CC1CCCO1. The van der Waals surface area contributed by atoms with Gasteiger partial charge in [0.05, 0.1) is 6.10 Å². The second kappa shape index (κ2) is 4.28. The van der Waals surface area contributed by atoms with Crippen molar-refractivity contribution < 1.29 is 4.74 Å². The molecular weight excluding hydrogens is 200 g/mol. The van der Waals surface area contributed by atoms with E-state index in [-0.39, 0.29) is 11.1 Å². The molecule has 3 nitrogen and oxygen atoms in total. The molecule has 0 aromatic rings. The third-order valence-electron chi connectivity index (χ3n) is 3.99. The minimum Gasteiger partial charge on any atom is -0.377 e. The number of nitrogens with zero attached hydrogens (tertiary/aromatic N) is 1. The monoisotopic (exact) mass is 226 g/mol. The Morgan fingerprint density at radius 3 is 2.31 bits per heavy atom. The fourth-order valence-electron chi connectivity index (χ4n) is 3.17. The number of ether oxygens (including phenoxy) is 1. The summed E-state index contributed by atoms with van der Waals surface area (Å²) in [6.07, 6.45) is 2.92. The van der Waals surface area contributed by atoms with Crippen LogP contribution in [0.25, 0.3) is 0 Å². The van der Waals surface area contributed by atoms with Gasteiger partial charge in [-0.3, -0.25) is 4.90 Å². The molecular formula is C13H26N2O. The van der Waals surface area contributed by atoms with E-state index in [2.05, 4.69) is 37.9 Å². The predicted octanol–water partition coefficient (Wildman–Crippen LogP) is 1.63. The maximum absolute atomic E-state index is 5.78. The second-order valence-corrected chi connectivity index (χ2v) is 6.47. The minimum absolute atomic E-state index is 0.230. The molecule has 2 aliphatic heterocycles. The van der Waals surface area contributed by atoms with E-state index in [0.717, 1.165) is 26.2 Å². The van der Waals surface area contributed by atoms with Crippen molar-refractivity contribution in [1.29, 1.82) is 0 Å². The Kier molecular flexibility index (Phi) is 3.30. The van der Waals surface area contributed by atoms with Crippen LogP contribution in [0.3, 0.4) is 0 Å². The average molecular weight is 226 g/mol. The van der Waals surface area contributed by atoms with Crippen molar-refractivity contribution in [2.24, 2.45) is 0 Å². The van der Waals surface area contributed by atoms with Crippen LogP contribution in [-0.4, -0.2) is 48.3 Å². The van der Waals surface area contributed by atoms with Crippen LogP contribution in [-0.2, 0) is 4.74 Å². The van der Waals surface area contributed by atoms with Gasteiger partial charge >= 0.3 is 0 Å². The molecule has 2 heterocycles. The number of rotatable bonds is 2. The Morgan fingerprint density at radius 1 is 1.19 bits per heavy atom. The molecule has 94 valence electrons. The lowest BCUT2D eigenvalue weighted by Gasteiger charge is -2.53. The molecule has 0 saturated carbocycles. The van der Waals surface area contributed by atoms with Gasteiger partial charge in [0, 0.05) is 37.3 Å². The first kappa shape index (κ1) is 12.3. The van der Waals surface area contributed by atoms with Crippen LogP contribution >= 0.6 is 0 Å². The van der Waals surface area contributed by atoms with Gasteiger partial charge < -0.3 is 10.1 Å². The van der Waals surface area contributed by atoms with Crippen molar-refractivity contribution in [3.8, 4) is 0 Å². The van der Waals surface area contributed by atoms with Gasteiger partial charge in [-0.25, -0.2) is 0 Å². The molecule has 0 aliphatic carbocycles. The molecule has 0 spiro atoms. The summed E-state index contributed by atoms with van der Waals surface area (Å²) < 4.78 is 5.78. The van der Waals surface area contributed by atoms with E-state index in [9.17, 15) is 0 Å². The molecule has 16 heavy (non-hydrogen) atoms. The summed E-state index contributed by atoms with van der Waals surface area (Å²) in [6.45, 7) is 13.5. The summed E-state index contributed by atoms with van der Waals surface area (Å²) in [4.78, 5) is 2.63.